The summed E-state index contributed by atoms with van der Waals surface area (Å²) in [4.78, 5) is 47.4. The van der Waals surface area contributed by atoms with Crippen molar-refractivity contribution in [3.8, 4) is 22.3 Å². The highest BCUT2D eigenvalue weighted by atomic mass is 19.1. The lowest BCUT2D eigenvalue weighted by molar-refractivity contribution is -0.134. The molecule has 0 aliphatic carbocycles. The highest BCUT2D eigenvalue weighted by molar-refractivity contribution is 6.36. The molecule has 1 unspecified atom stereocenters. The Labute approximate surface area is 299 Å². The average Bonchev–Trinajstić information content (AvgIpc) is 3.64. The van der Waals surface area contributed by atoms with E-state index in [0.29, 0.717) is 37.2 Å². The molecule has 14 heteroatoms. The van der Waals surface area contributed by atoms with Crippen LogP contribution in [0.15, 0.2) is 72.8 Å². The number of nitrogens with one attached hydrogen (secondary N) is 1. The lowest BCUT2D eigenvalue weighted by atomic mass is 9.68. The second kappa shape index (κ2) is 14.3. The monoisotopic (exact) mass is 710 g/mol. The number of hydrogen-bond acceptors (Lipinski definition) is 9. The van der Waals surface area contributed by atoms with E-state index in [-0.39, 0.29) is 58.8 Å². The van der Waals surface area contributed by atoms with Crippen molar-refractivity contribution in [1.29, 1.82) is 0 Å². The maximum atomic E-state index is 16.4. The number of benzene rings is 2. The van der Waals surface area contributed by atoms with E-state index in [1.807, 2.05) is 10.9 Å². The first kappa shape index (κ1) is 35.0. The van der Waals surface area contributed by atoms with Gasteiger partial charge in [-0.2, -0.15) is 5.10 Å². The van der Waals surface area contributed by atoms with Gasteiger partial charge in [0.25, 0.3) is 5.91 Å². The number of nitrogens with zero attached hydrogens (tertiary/aromatic N) is 4. The Morgan fingerprint density at radius 2 is 1.65 bits per heavy atom. The number of nitrogens with two attached hydrogens (primary N) is 3. The van der Waals surface area contributed by atoms with Crippen LogP contribution in [0.25, 0.3) is 27.8 Å². The number of halogens is 2. The van der Waals surface area contributed by atoms with Crippen LogP contribution >= 0.6 is 0 Å². The number of ether oxygens (including phenoxy) is 1. The topological polar surface area (TPSA) is 184 Å². The summed E-state index contributed by atoms with van der Waals surface area (Å²) in [5.41, 5.74) is 17.9. The molecule has 52 heavy (non-hydrogen) atoms. The number of Topliss-reactive ketones (excluding diaryl/α,β-unsaturated/α-hetero) is 1. The van der Waals surface area contributed by atoms with E-state index in [4.69, 9.17) is 21.9 Å². The number of nitrogen functional groups attached to an aromatic ring is 1. The number of amides is 2. The van der Waals surface area contributed by atoms with Gasteiger partial charge >= 0.3 is 0 Å². The number of piperidine rings is 1. The molecule has 7 N–H and O–H groups in total. The number of aromatic nitrogens is 3. The van der Waals surface area contributed by atoms with Crippen molar-refractivity contribution in [1.82, 2.24) is 25.0 Å². The van der Waals surface area contributed by atoms with Crippen molar-refractivity contribution >= 4 is 29.0 Å². The predicted molar refractivity (Wildman–Crippen MR) is 190 cm³/mol. The number of rotatable bonds is 9. The molecule has 1 atom stereocenters. The molecule has 2 fully saturated rings. The van der Waals surface area contributed by atoms with Crippen LogP contribution in [0.3, 0.4) is 0 Å². The van der Waals surface area contributed by atoms with E-state index >= 15 is 4.39 Å². The predicted octanol–water partition coefficient (Wildman–Crippen LogP) is 3.33. The van der Waals surface area contributed by atoms with Crippen molar-refractivity contribution in [3.63, 3.8) is 0 Å². The van der Waals surface area contributed by atoms with Gasteiger partial charge in [0, 0.05) is 61.0 Å². The number of carbonyl (C=O) groups excluding carboxylic acids is 3. The Bertz CT molecular complexity index is 2050. The summed E-state index contributed by atoms with van der Waals surface area (Å²) >= 11 is 0. The number of hydrogen-bond donors (Lipinski definition) is 4. The van der Waals surface area contributed by atoms with Crippen molar-refractivity contribution in [2.24, 2.45) is 17.4 Å². The molecule has 5 heterocycles. The van der Waals surface area contributed by atoms with Crippen molar-refractivity contribution in [2.75, 3.05) is 45.1 Å². The molecular formula is C38H40F2N8O4. The largest absolute Gasteiger partial charge is 0.383 e. The molecule has 0 bridgehead atoms. The van der Waals surface area contributed by atoms with Crippen LogP contribution in [0.2, 0.25) is 0 Å². The number of primary amides is 2. The molecule has 0 radical (unpaired) electrons. The maximum Gasteiger partial charge on any atom is 0.265 e. The molecule has 2 aromatic carbocycles. The molecule has 12 nitrogen and oxygen atoms in total. The van der Waals surface area contributed by atoms with Gasteiger partial charge in [-0.1, -0.05) is 24.3 Å². The van der Waals surface area contributed by atoms with Gasteiger partial charge in [-0.25, -0.2) is 13.8 Å². The van der Waals surface area contributed by atoms with Gasteiger partial charge in [0.1, 0.15) is 23.1 Å². The van der Waals surface area contributed by atoms with Crippen LogP contribution in [0.5, 0.6) is 0 Å². The summed E-state index contributed by atoms with van der Waals surface area (Å²) in [7, 11) is 0. The molecule has 2 aromatic heterocycles. The molecule has 4 aromatic rings. The second-order valence-corrected chi connectivity index (χ2v) is 13.7. The molecule has 3 aliphatic heterocycles. The van der Waals surface area contributed by atoms with Gasteiger partial charge in [0.2, 0.25) is 5.91 Å². The van der Waals surface area contributed by atoms with Gasteiger partial charge < -0.3 is 32.2 Å². The minimum absolute atomic E-state index is 0.0164. The standard InChI is InChI=1S/C38H40F2N8O4/c39-27-4-1-23(2-5-27)32-33(36(42)50)47(19-22-9-13-52-14-10-22)21-38(34(32)49,37(43)51)26-3-6-29(31(40)16-26)30-15-24(17-45-35(30)41)25-18-46-48(20-25)28-7-11-44-12-8-28/h1-6,15-18,20,22,28,44H,7-14,19,21H2,(H2,41,45)(H2,42,50)(H2,43,51). The number of carbonyl (C=O) groups is 3. The van der Waals surface area contributed by atoms with Crippen molar-refractivity contribution in [2.45, 2.75) is 37.1 Å². The normalized spacial score (nSPS) is 20.3. The zero-order valence-corrected chi connectivity index (χ0v) is 28.5. The zero-order valence-electron chi connectivity index (χ0n) is 28.5. The van der Waals surface area contributed by atoms with Gasteiger partial charge in [-0.05, 0) is 80.1 Å². The molecule has 2 amide bonds. The van der Waals surface area contributed by atoms with Gasteiger partial charge in [0.15, 0.2) is 11.2 Å². The highest BCUT2D eigenvalue weighted by Crippen LogP contribution is 2.42. The summed E-state index contributed by atoms with van der Waals surface area (Å²) in [5.74, 6) is -4.02. The molecule has 2 saturated heterocycles. The fourth-order valence-electron chi connectivity index (χ4n) is 7.64. The third-order valence-corrected chi connectivity index (χ3v) is 10.5. The molecule has 3 aliphatic rings. The minimum Gasteiger partial charge on any atom is -0.383 e. The van der Waals surface area contributed by atoms with Crippen molar-refractivity contribution in [3.05, 3.63) is 95.6 Å². The van der Waals surface area contributed by atoms with Crippen LogP contribution in [0.1, 0.15) is 42.9 Å². The van der Waals surface area contributed by atoms with Gasteiger partial charge in [-0.15, -0.1) is 0 Å². The summed E-state index contributed by atoms with van der Waals surface area (Å²) < 4.78 is 37.9. The van der Waals surface area contributed by atoms with Crippen LogP contribution in [-0.2, 0) is 24.5 Å². The number of pyridine rings is 1. The Balaban J connectivity index is 1.30. The first-order valence-electron chi connectivity index (χ1n) is 17.4. The van der Waals surface area contributed by atoms with Crippen LogP contribution in [0.4, 0.5) is 14.6 Å². The third kappa shape index (κ3) is 6.43. The quantitative estimate of drug-likeness (QED) is 0.189. The smallest absolute Gasteiger partial charge is 0.265 e. The van der Waals surface area contributed by atoms with Crippen LogP contribution in [0, 0.1) is 17.6 Å². The van der Waals surface area contributed by atoms with Crippen molar-refractivity contribution < 1.29 is 27.9 Å². The summed E-state index contributed by atoms with van der Waals surface area (Å²) in [5, 5.41) is 7.91. The lowest BCUT2D eigenvalue weighted by Gasteiger charge is -2.44. The van der Waals surface area contributed by atoms with Crippen LogP contribution < -0.4 is 22.5 Å². The number of allylic oxidation sites excluding steroid dienone is 1. The summed E-state index contributed by atoms with van der Waals surface area (Å²) in [6, 6.07) is 10.9. The maximum absolute atomic E-state index is 16.4. The fourth-order valence-corrected chi connectivity index (χ4v) is 7.64. The Hall–Kier alpha value is -5.47. The third-order valence-electron chi connectivity index (χ3n) is 10.5. The minimum atomic E-state index is -2.14. The molecular weight excluding hydrogens is 670 g/mol. The first-order chi connectivity index (χ1) is 25.1. The number of ketones is 1. The molecule has 7 rings (SSSR count). The van der Waals surface area contributed by atoms with E-state index in [0.717, 1.165) is 49.7 Å². The van der Waals surface area contributed by atoms with Gasteiger partial charge in [0.05, 0.1) is 17.8 Å². The molecule has 270 valence electrons. The van der Waals surface area contributed by atoms with E-state index in [9.17, 15) is 18.8 Å². The van der Waals surface area contributed by atoms with Crippen LogP contribution in [-0.4, -0.2) is 76.7 Å². The SMILES string of the molecule is NC(=O)C1=C(c2ccc(F)cc2)C(=O)C(C(N)=O)(c2ccc(-c3cc(-c4cnn(C5CCNCC5)c4)cnc3N)c(F)c2)CN1CC1CCOCC1. The Morgan fingerprint density at radius 1 is 0.923 bits per heavy atom. The van der Waals surface area contributed by atoms with Gasteiger partial charge in [-0.3, -0.25) is 19.1 Å². The highest BCUT2D eigenvalue weighted by Gasteiger charge is 2.54. The first-order valence-corrected chi connectivity index (χ1v) is 17.4. The second-order valence-electron chi connectivity index (χ2n) is 13.7. The Kier molecular flexibility index (Phi) is 9.60. The molecule has 0 saturated carbocycles. The van der Waals surface area contributed by atoms with E-state index in [1.54, 1.807) is 23.4 Å². The molecule has 0 spiro atoms. The zero-order chi connectivity index (χ0) is 36.6. The fraction of sp³-hybridized carbons (Fsp3) is 0.342. The number of anilines is 1. The lowest BCUT2D eigenvalue weighted by Crippen LogP contribution is -2.60. The van der Waals surface area contributed by atoms with E-state index in [2.05, 4.69) is 15.4 Å². The van der Waals surface area contributed by atoms with E-state index < -0.39 is 34.6 Å². The van der Waals surface area contributed by atoms with E-state index in [1.165, 1.54) is 24.3 Å². The summed E-state index contributed by atoms with van der Waals surface area (Å²) in [6.07, 6.45) is 8.53. The summed E-state index contributed by atoms with van der Waals surface area (Å²) in [6.45, 7) is 2.72. The Morgan fingerprint density at radius 3 is 2.33 bits per heavy atom. The average molecular weight is 711 g/mol.